The Morgan fingerprint density at radius 2 is 2.21 bits per heavy atom. The van der Waals surface area contributed by atoms with Gasteiger partial charge < -0.3 is 10.4 Å². The third-order valence-electron chi connectivity index (χ3n) is 2.43. The van der Waals surface area contributed by atoms with Crippen LogP contribution < -0.4 is 5.32 Å². The van der Waals surface area contributed by atoms with Gasteiger partial charge in [-0.25, -0.2) is 9.18 Å². The molecule has 1 amide bonds. The minimum absolute atomic E-state index is 0.0389. The summed E-state index contributed by atoms with van der Waals surface area (Å²) in [5, 5.41) is 19.6. The summed E-state index contributed by atoms with van der Waals surface area (Å²) in [5.41, 5.74) is 0.460. The summed E-state index contributed by atoms with van der Waals surface area (Å²) in [4.78, 5) is 22.5. The number of carbonyl (C=O) groups is 2. The van der Waals surface area contributed by atoms with Gasteiger partial charge in [-0.1, -0.05) is 12.1 Å². The van der Waals surface area contributed by atoms with Crippen molar-refractivity contribution < 1.29 is 19.1 Å². The van der Waals surface area contributed by atoms with E-state index in [0.29, 0.717) is 5.56 Å². The molecule has 1 aromatic rings. The van der Waals surface area contributed by atoms with Gasteiger partial charge >= 0.3 is 5.97 Å². The van der Waals surface area contributed by atoms with Crippen molar-refractivity contribution in [1.29, 1.82) is 5.26 Å². The predicted molar refractivity (Wildman–Crippen MR) is 64.5 cm³/mol. The molecule has 0 aromatic heterocycles. The van der Waals surface area contributed by atoms with E-state index < -0.39 is 23.7 Å². The molecule has 19 heavy (non-hydrogen) atoms. The highest BCUT2D eigenvalue weighted by Gasteiger charge is 2.19. The fraction of sp³-hybridized carbons (Fsp3) is 0.308. The number of nitrogens with one attached hydrogen (secondary N) is 1. The molecule has 1 rings (SSSR count). The van der Waals surface area contributed by atoms with E-state index >= 15 is 0 Å². The van der Waals surface area contributed by atoms with E-state index in [4.69, 9.17) is 10.4 Å². The van der Waals surface area contributed by atoms with E-state index in [0.717, 1.165) is 0 Å². The Labute approximate surface area is 109 Å². The Morgan fingerprint density at radius 3 is 2.79 bits per heavy atom. The van der Waals surface area contributed by atoms with Crippen molar-refractivity contribution in [3.63, 3.8) is 0 Å². The van der Waals surface area contributed by atoms with Gasteiger partial charge in [0.1, 0.15) is 11.9 Å². The third-order valence-corrected chi connectivity index (χ3v) is 2.43. The first kappa shape index (κ1) is 14.6. The zero-order valence-corrected chi connectivity index (χ0v) is 10.1. The second-order valence-electron chi connectivity index (χ2n) is 3.96. The molecule has 0 spiro atoms. The van der Waals surface area contributed by atoms with Gasteiger partial charge in [-0.3, -0.25) is 4.79 Å². The Bertz CT molecular complexity index is 511. The lowest BCUT2D eigenvalue weighted by atomic mass is 10.1. The Balaban J connectivity index is 2.58. The molecule has 2 N–H and O–H groups in total. The van der Waals surface area contributed by atoms with Crippen molar-refractivity contribution in [2.45, 2.75) is 25.3 Å². The lowest BCUT2D eigenvalue weighted by Crippen LogP contribution is -2.41. The lowest BCUT2D eigenvalue weighted by molar-refractivity contribution is -0.141. The Morgan fingerprint density at radius 1 is 1.47 bits per heavy atom. The van der Waals surface area contributed by atoms with Crippen molar-refractivity contribution in [2.75, 3.05) is 0 Å². The normalized spacial score (nSPS) is 11.4. The summed E-state index contributed by atoms with van der Waals surface area (Å²) >= 11 is 0. The summed E-state index contributed by atoms with van der Waals surface area (Å²) in [5.74, 6) is -2.16. The minimum Gasteiger partial charge on any atom is -0.480 e. The summed E-state index contributed by atoms with van der Waals surface area (Å²) in [6.07, 6.45) is -0.0218. The molecular weight excluding hydrogens is 251 g/mol. The van der Waals surface area contributed by atoms with Crippen LogP contribution in [-0.4, -0.2) is 23.0 Å². The number of hydrogen-bond donors (Lipinski definition) is 2. The smallest absolute Gasteiger partial charge is 0.326 e. The maximum absolute atomic E-state index is 12.9. The van der Waals surface area contributed by atoms with Gasteiger partial charge in [0, 0.05) is 6.42 Å². The number of carbonyl (C=O) groups excluding carboxylic acids is 1. The highest BCUT2D eigenvalue weighted by Crippen LogP contribution is 2.05. The van der Waals surface area contributed by atoms with Crippen molar-refractivity contribution >= 4 is 11.9 Å². The molecule has 1 aromatic carbocycles. The highest BCUT2D eigenvalue weighted by atomic mass is 19.1. The Kier molecular flexibility index (Phi) is 5.48. The number of amides is 1. The van der Waals surface area contributed by atoms with Crippen LogP contribution in [0, 0.1) is 17.1 Å². The maximum atomic E-state index is 12.9. The number of carboxylic acids is 1. The summed E-state index contributed by atoms with van der Waals surface area (Å²) in [6.45, 7) is 0. The van der Waals surface area contributed by atoms with Crippen LogP contribution in [0.1, 0.15) is 18.4 Å². The van der Waals surface area contributed by atoms with E-state index in [9.17, 15) is 14.0 Å². The molecule has 1 atom stereocenters. The number of nitriles is 1. The number of rotatable bonds is 6. The van der Waals surface area contributed by atoms with Gasteiger partial charge in [0.2, 0.25) is 5.91 Å². The zero-order valence-electron chi connectivity index (χ0n) is 10.1. The molecule has 0 radical (unpaired) electrons. The number of nitrogens with zero attached hydrogens (tertiary/aromatic N) is 1. The minimum atomic E-state index is -1.19. The van der Waals surface area contributed by atoms with Crippen molar-refractivity contribution in [1.82, 2.24) is 5.32 Å². The van der Waals surface area contributed by atoms with Gasteiger partial charge in [-0.2, -0.15) is 5.26 Å². The largest absolute Gasteiger partial charge is 0.480 e. The number of hydrogen-bond acceptors (Lipinski definition) is 3. The van der Waals surface area contributed by atoms with Gasteiger partial charge in [-0.05, 0) is 24.1 Å². The van der Waals surface area contributed by atoms with Gasteiger partial charge in [0.05, 0.1) is 12.5 Å². The van der Waals surface area contributed by atoms with E-state index in [-0.39, 0.29) is 19.3 Å². The number of carboxylic acid groups (broad SMARTS) is 1. The quantitative estimate of drug-likeness (QED) is 0.808. The van der Waals surface area contributed by atoms with Crippen LogP contribution in [0.2, 0.25) is 0 Å². The molecule has 0 saturated carbocycles. The standard InChI is InChI=1S/C13H13FN2O3/c14-10-4-1-3-9(7-10)8-12(17)16-11(13(18)19)5-2-6-15/h1,3-4,7,11H,2,5,8H2,(H,16,17)(H,18,19)/t11-/m1/s1. The van der Waals surface area contributed by atoms with Crippen LogP contribution >= 0.6 is 0 Å². The second kappa shape index (κ2) is 7.11. The molecule has 0 saturated heterocycles. The molecule has 0 aliphatic rings. The number of benzene rings is 1. The van der Waals surface area contributed by atoms with Gasteiger partial charge in [0.15, 0.2) is 0 Å². The van der Waals surface area contributed by atoms with Crippen LogP contribution in [0.15, 0.2) is 24.3 Å². The Hall–Kier alpha value is -2.42. The first-order chi connectivity index (χ1) is 9.02. The molecule has 100 valence electrons. The zero-order chi connectivity index (χ0) is 14.3. The maximum Gasteiger partial charge on any atom is 0.326 e. The van der Waals surface area contributed by atoms with Crippen LogP contribution in [0.5, 0.6) is 0 Å². The summed E-state index contributed by atoms with van der Waals surface area (Å²) < 4.78 is 12.9. The third kappa shape index (κ3) is 5.17. The molecule has 0 bridgehead atoms. The van der Waals surface area contributed by atoms with Crippen LogP contribution in [0.25, 0.3) is 0 Å². The molecule has 5 nitrogen and oxygen atoms in total. The average molecular weight is 264 g/mol. The molecular formula is C13H13FN2O3. The van der Waals surface area contributed by atoms with Gasteiger partial charge in [0.25, 0.3) is 0 Å². The van der Waals surface area contributed by atoms with E-state index in [1.807, 2.05) is 6.07 Å². The molecule has 0 fully saturated rings. The first-order valence-corrected chi connectivity index (χ1v) is 5.66. The van der Waals surface area contributed by atoms with E-state index in [1.54, 1.807) is 6.07 Å². The fourth-order valence-corrected chi connectivity index (χ4v) is 1.54. The molecule has 0 aliphatic carbocycles. The lowest BCUT2D eigenvalue weighted by Gasteiger charge is -2.12. The van der Waals surface area contributed by atoms with Crippen LogP contribution in [0.4, 0.5) is 4.39 Å². The topological polar surface area (TPSA) is 90.2 Å². The summed E-state index contributed by atoms with van der Waals surface area (Å²) in [7, 11) is 0. The predicted octanol–water partition coefficient (Wildman–Crippen LogP) is 1.24. The monoisotopic (exact) mass is 264 g/mol. The summed E-state index contributed by atoms with van der Waals surface area (Å²) in [6, 6.07) is 6.25. The second-order valence-corrected chi connectivity index (χ2v) is 3.96. The molecule has 6 heteroatoms. The number of halogens is 1. The van der Waals surface area contributed by atoms with Crippen LogP contribution in [-0.2, 0) is 16.0 Å². The molecule has 0 unspecified atom stereocenters. The van der Waals surface area contributed by atoms with E-state index in [2.05, 4.69) is 5.32 Å². The molecule has 0 heterocycles. The van der Waals surface area contributed by atoms with Crippen molar-refractivity contribution in [2.24, 2.45) is 0 Å². The van der Waals surface area contributed by atoms with Crippen LogP contribution in [0.3, 0.4) is 0 Å². The number of aliphatic carboxylic acids is 1. The van der Waals surface area contributed by atoms with Gasteiger partial charge in [-0.15, -0.1) is 0 Å². The average Bonchev–Trinajstić information content (AvgIpc) is 2.34. The molecule has 0 aliphatic heterocycles. The highest BCUT2D eigenvalue weighted by molar-refractivity contribution is 5.84. The first-order valence-electron chi connectivity index (χ1n) is 5.66. The SMILES string of the molecule is N#CCC[C@@H](NC(=O)Cc1cccc(F)c1)C(=O)O. The fourth-order valence-electron chi connectivity index (χ4n) is 1.54. The van der Waals surface area contributed by atoms with Crippen molar-refractivity contribution in [3.8, 4) is 6.07 Å². The van der Waals surface area contributed by atoms with Crippen molar-refractivity contribution in [3.05, 3.63) is 35.6 Å². The van der Waals surface area contributed by atoms with E-state index in [1.165, 1.54) is 18.2 Å².